The average Bonchev–Trinajstić information content (AvgIpc) is 3.68. The number of nitrogens with zero attached hydrogens (tertiary/aromatic N) is 3. The predicted molar refractivity (Wildman–Crippen MR) is 299 cm³/mol. The number of rotatable bonds is 24. The number of methoxy groups -OCH3 is 3. The summed E-state index contributed by atoms with van der Waals surface area (Å²) in [7, 11) is -1.51. The normalized spacial score (nSPS) is 11.7. The van der Waals surface area contributed by atoms with Gasteiger partial charge in [-0.2, -0.15) is 0 Å². The molecule has 0 spiro atoms. The zero-order chi connectivity index (χ0) is 59.3. The lowest BCUT2D eigenvalue weighted by atomic mass is 10.0. The molecular formula is C60H54F6N3O13P. The molecule has 0 saturated heterocycles. The van der Waals surface area contributed by atoms with Gasteiger partial charge < -0.3 is 42.1 Å². The smallest absolute Gasteiger partial charge is 0.480 e. The molecule has 434 valence electrons. The van der Waals surface area contributed by atoms with Gasteiger partial charge in [0.15, 0.2) is 16.3 Å². The molecule has 83 heavy (non-hydrogen) atoms. The molecule has 0 unspecified atom stereocenters. The monoisotopic (exact) mass is 1170 g/mol. The topological polar surface area (TPSA) is 166 Å². The van der Waals surface area contributed by atoms with E-state index >= 15 is 30.9 Å². The molecule has 3 heterocycles. The van der Waals surface area contributed by atoms with Crippen LogP contribution in [0.1, 0.15) is 40.0 Å². The summed E-state index contributed by atoms with van der Waals surface area (Å²) in [5.74, 6) is -5.86. The Balaban J connectivity index is 1.25. The fourth-order valence-electron chi connectivity index (χ4n) is 9.29. The molecule has 0 radical (unpaired) electrons. The Morgan fingerprint density at radius 3 is 0.904 bits per heavy atom. The van der Waals surface area contributed by atoms with E-state index in [2.05, 4.69) is 0 Å². The summed E-state index contributed by atoms with van der Waals surface area (Å²) in [6, 6.07) is 17.5. The Labute approximate surface area is 470 Å². The SMILES string of the molecule is CCCOc1ccc(F)c2c(=O)c(-c3ccc(OC)cc3F)cn(COP(=O)(OCn3cc(-c4ccc(OC)cc4F)c(=O)c4c(F)ccc(OCCC)c43)OCn3cc(-c4ccc(OC)cc4F)c(=O)c4c(F)ccc(OCCC)c43)c12. The molecule has 9 rings (SSSR count). The van der Waals surface area contributed by atoms with Crippen LogP contribution < -0.4 is 44.7 Å². The Bertz CT molecular complexity index is 3770. The number of phosphoric acid groups is 1. The largest absolute Gasteiger partial charge is 0.497 e. The Kier molecular flexibility index (Phi) is 18.0. The molecule has 0 atom stereocenters. The van der Waals surface area contributed by atoms with Gasteiger partial charge in [0.05, 0.1) is 73.9 Å². The minimum absolute atomic E-state index is 0.0540. The van der Waals surface area contributed by atoms with E-state index < -0.39 is 112 Å². The van der Waals surface area contributed by atoms with E-state index in [-0.39, 0.29) is 87.6 Å². The number of phosphoric ester groups is 1. The maximum absolute atomic E-state index is 16.3. The Morgan fingerprint density at radius 2 is 0.663 bits per heavy atom. The van der Waals surface area contributed by atoms with Gasteiger partial charge in [0, 0.05) is 70.2 Å². The molecular weight excluding hydrogens is 1120 g/mol. The van der Waals surface area contributed by atoms with Crippen molar-refractivity contribution in [2.45, 2.75) is 60.2 Å². The molecule has 0 saturated carbocycles. The van der Waals surface area contributed by atoms with Crippen LogP contribution in [0.25, 0.3) is 66.1 Å². The van der Waals surface area contributed by atoms with Crippen LogP contribution in [0.4, 0.5) is 26.3 Å². The molecule has 23 heteroatoms. The number of fused-ring (bicyclic) bond motifs is 3. The van der Waals surface area contributed by atoms with Gasteiger partial charge in [-0.15, -0.1) is 0 Å². The van der Waals surface area contributed by atoms with E-state index in [9.17, 15) is 14.4 Å². The number of aromatic nitrogens is 3. The third kappa shape index (κ3) is 11.9. The van der Waals surface area contributed by atoms with Gasteiger partial charge >= 0.3 is 7.82 Å². The van der Waals surface area contributed by atoms with Gasteiger partial charge in [0.25, 0.3) is 0 Å². The van der Waals surface area contributed by atoms with Crippen LogP contribution in [0.2, 0.25) is 0 Å². The fourth-order valence-corrected chi connectivity index (χ4v) is 10.3. The van der Waals surface area contributed by atoms with E-state index in [4.69, 9.17) is 42.0 Å². The lowest BCUT2D eigenvalue weighted by Gasteiger charge is -2.24. The molecule has 16 nitrogen and oxygen atoms in total. The number of benzene rings is 6. The van der Waals surface area contributed by atoms with Crippen LogP contribution in [0.15, 0.2) is 124 Å². The quantitative estimate of drug-likeness (QED) is 0.0415. The van der Waals surface area contributed by atoms with Crippen molar-refractivity contribution in [1.82, 2.24) is 13.7 Å². The van der Waals surface area contributed by atoms with Gasteiger partial charge in [-0.1, -0.05) is 20.8 Å². The summed E-state index contributed by atoms with van der Waals surface area (Å²) in [5.41, 5.74) is -5.75. The molecule has 3 aromatic heterocycles. The van der Waals surface area contributed by atoms with Crippen LogP contribution in [-0.2, 0) is 38.3 Å². The number of hydrogen-bond acceptors (Lipinski definition) is 13. The second-order valence-electron chi connectivity index (χ2n) is 18.6. The van der Waals surface area contributed by atoms with Gasteiger partial charge in [-0.3, -0.25) is 28.0 Å². The summed E-state index contributed by atoms with van der Waals surface area (Å²) in [6.45, 7) is 2.59. The number of halogens is 6. The fraction of sp³-hybridized carbons (Fsp3) is 0.250. The Morgan fingerprint density at radius 1 is 0.386 bits per heavy atom. The minimum Gasteiger partial charge on any atom is -0.497 e. The van der Waals surface area contributed by atoms with E-state index in [1.807, 2.05) is 0 Å². The molecule has 9 aromatic rings. The number of hydrogen-bond donors (Lipinski definition) is 0. The highest BCUT2D eigenvalue weighted by atomic mass is 31.2. The van der Waals surface area contributed by atoms with Crippen molar-refractivity contribution >= 4 is 40.5 Å². The highest BCUT2D eigenvalue weighted by Gasteiger charge is 2.32. The predicted octanol–water partition coefficient (Wildman–Crippen LogP) is 13.3. The first-order chi connectivity index (χ1) is 40.0. The van der Waals surface area contributed by atoms with E-state index in [0.29, 0.717) is 19.3 Å². The number of pyridine rings is 3. The second-order valence-corrected chi connectivity index (χ2v) is 20.3. The molecule has 6 aromatic carbocycles. The van der Waals surface area contributed by atoms with Crippen LogP contribution in [0, 0.1) is 34.9 Å². The first-order valence-electron chi connectivity index (χ1n) is 26.0. The van der Waals surface area contributed by atoms with Crippen molar-refractivity contribution in [1.29, 1.82) is 0 Å². The molecule has 0 N–H and O–H groups in total. The highest BCUT2D eigenvalue weighted by Crippen LogP contribution is 2.52. The van der Waals surface area contributed by atoms with Crippen molar-refractivity contribution in [3.05, 3.63) is 175 Å². The molecule has 0 amide bonds. The van der Waals surface area contributed by atoms with Gasteiger partial charge in [-0.05, 0) is 92.1 Å². The van der Waals surface area contributed by atoms with Gasteiger partial charge in [-0.25, -0.2) is 30.9 Å². The van der Waals surface area contributed by atoms with E-state index in [1.165, 1.54) is 75.9 Å². The van der Waals surface area contributed by atoms with E-state index in [0.717, 1.165) is 68.7 Å². The molecule has 0 aliphatic carbocycles. The lowest BCUT2D eigenvalue weighted by molar-refractivity contribution is 0.0560. The van der Waals surface area contributed by atoms with Crippen molar-refractivity contribution < 1.29 is 72.9 Å². The van der Waals surface area contributed by atoms with Gasteiger partial charge in [0.1, 0.15) is 89.6 Å². The maximum Gasteiger partial charge on any atom is 0.480 e. The van der Waals surface area contributed by atoms with Crippen LogP contribution in [0.5, 0.6) is 34.5 Å². The minimum atomic E-state index is -5.42. The zero-order valence-corrected chi connectivity index (χ0v) is 46.5. The molecule has 0 bridgehead atoms. The third-order valence-corrected chi connectivity index (χ3v) is 14.5. The van der Waals surface area contributed by atoms with Crippen LogP contribution in [-0.4, -0.2) is 54.9 Å². The number of ether oxygens (including phenoxy) is 6. The summed E-state index contributed by atoms with van der Waals surface area (Å²) < 4.78 is 168. The molecule has 0 aliphatic rings. The van der Waals surface area contributed by atoms with Gasteiger partial charge in [0.2, 0.25) is 0 Å². The van der Waals surface area contributed by atoms with Crippen LogP contribution >= 0.6 is 7.82 Å². The van der Waals surface area contributed by atoms with Crippen molar-refractivity contribution in [3.8, 4) is 67.9 Å². The summed E-state index contributed by atoms with van der Waals surface area (Å²) >= 11 is 0. The first-order valence-corrected chi connectivity index (χ1v) is 27.4. The maximum atomic E-state index is 16.3. The first kappa shape index (κ1) is 59.1. The van der Waals surface area contributed by atoms with Crippen molar-refractivity contribution in [3.63, 3.8) is 0 Å². The molecule has 0 aliphatic heterocycles. The lowest BCUT2D eigenvalue weighted by Crippen LogP contribution is -2.19. The standard InChI is InChI=1S/C60H54F6N3O13P/c1-7-22-77-49-19-16-43(61)52-55(49)67(28-40(58(52)70)37-13-10-34(74-4)25-46(37)64)31-80-83(73,81-32-68-29-41(38-14-11-35(75-5)26-47(38)65)59(71)53-44(62)17-20-50(56(53)68)78-23-8-2)82-33-69-30-42(39-15-12-36(76-6)27-48(39)66)60(72)54-45(63)18-21-51(57(54)69)79-24-9-3/h10-21,25-30H,7-9,22-24,31-33H2,1-6H3. The van der Waals surface area contributed by atoms with Crippen molar-refractivity contribution in [2.24, 2.45) is 0 Å². The average molecular weight is 1170 g/mol. The third-order valence-electron chi connectivity index (χ3n) is 13.3. The van der Waals surface area contributed by atoms with Crippen LogP contribution in [0.3, 0.4) is 0 Å². The second kappa shape index (κ2) is 25.3. The molecule has 0 fully saturated rings. The van der Waals surface area contributed by atoms with E-state index in [1.54, 1.807) is 20.8 Å². The zero-order valence-electron chi connectivity index (χ0n) is 45.6. The summed E-state index contributed by atoms with van der Waals surface area (Å²) in [4.78, 5) is 43.1. The Hall–Kier alpha value is -8.56. The highest BCUT2D eigenvalue weighted by molar-refractivity contribution is 7.48. The summed E-state index contributed by atoms with van der Waals surface area (Å²) in [5, 5.41) is -1.78. The van der Waals surface area contributed by atoms with Crippen molar-refractivity contribution in [2.75, 3.05) is 41.2 Å². The summed E-state index contributed by atoms with van der Waals surface area (Å²) in [6.07, 6.45) is 4.68.